The first kappa shape index (κ1) is 14.4. The molecule has 2 nitrogen and oxygen atoms in total. The number of hydrogen-bond donors (Lipinski definition) is 0. The Morgan fingerprint density at radius 1 is 0.955 bits per heavy atom. The molecule has 0 fully saturated rings. The van der Waals surface area contributed by atoms with E-state index in [9.17, 15) is 13.6 Å². The van der Waals surface area contributed by atoms with E-state index in [-0.39, 0.29) is 0 Å². The molecular formula is C18H15F2NO. The third kappa shape index (κ3) is 2.64. The van der Waals surface area contributed by atoms with Crippen molar-refractivity contribution in [2.45, 2.75) is 18.5 Å². The average molecular weight is 299 g/mol. The largest absolute Gasteiger partial charge is 0.360 e. The quantitative estimate of drug-likeness (QED) is 0.855. The predicted octanol–water partition coefficient (Wildman–Crippen LogP) is 3.96. The molecule has 0 saturated carbocycles. The fraction of sp³-hybridized carbons (Fsp3) is 0.167. The summed E-state index contributed by atoms with van der Waals surface area (Å²) in [5, 5.41) is 0. The third-order valence-corrected chi connectivity index (χ3v) is 3.74. The smallest absolute Gasteiger partial charge is 0.333 e. The molecule has 0 aromatic heterocycles. The molecule has 22 heavy (non-hydrogen) atoms. The van der Waals surface area contributed by atoms with Crippen LogP contribution in [0.1, 0.15) is 17.2 Å². The second kappa shape index (κ2) is 5.72. The number of alkyl halides is 2. The molecule has 1 atom stereocenters. The van der Waals surface area contributed by atoms with Crippen molar-refractivity contribution in [1.29, 1.82) is 0 Å². The Kier molecular flexibility index (Phi) is 3.75. The molecule has 0 radical (unpaired) electrons. The van der Waals surface area contributed by atoms with Gasteiger partial charge in [0.15, 0.2) is 0 Å². The average Bonchev–Trinajstić information content (AvgIpc) is 2.53. The number of carbonyl (C=O) groups excluding carboxylic acids is 1. The van der Waals surface area contributed by atoms with Gasteiger partial charge in [-0.1, -0.05) is 60.7 Å². The maximum absolute atomic E-state index is 14.5. The normalized spacial score (nSPS) is 20.2. The molecule has 1 unspecified atom stereocenters. The van der Waals surface area contributed by atoms with Crippen LogP contribution in [0.4, 0.5) is 8.78 Å². The van der Waals surface area contributed by atoms with Crippen LogP contribution in [-0.2, 0) is 11.3 Å². The number of allylic oxidation sites excluding steroid dienone is 1. The fourth-order valence-electron chi connectivity index (χ4n) is 2.68. The molecule has 3 rings (SSSR count). The van der Waals surface area contributed by atoms with Crippen LogP contribution in [0.3, 0.4) is 0 Å². The first-order chi connectivity index (χ1) is 10.6. The summed E-state index contributed by atoms with van der Waals surface area (Å²) >= 11 is 0. The van der Waals surface area contributed by atoms with Gasteiger partial charge in [-0.15, -0.1) is 0 Å². The van der Waals surface area contributed by atoms with Crippen molar-refractivity contribution in [3.63, 3.8) is 0 Å². The summed E-state index contributed by atoms with van der Waals surface area (Å²) in [6.45, 7) is 0.319. The molecule has 4 heteroatoms. The minimum absolute atomic E-state index is 0.319. The van der Waals surface area contributed by atoms with Crippen molar-refractivity contribution in [3.8, 4) is 0 Å². The first-order valence-electron chi connectivity index (χ1n) is 7.04. The molecular weight excluding hydrogens is 284 g/mol. The van der Waals surface area contributed by atoms with Crippen LogP contribution >= 0.6 is 0 Å². The Morgan fingerprint density at radius 3 is 2.18 bits per heavy atom. The zero-order valence-corrected chi connectivity index (χ0v) is 11.8. The second-order valence-corrected chi connectivity index (χ2v) is 5.27. The Balaban J connectivity index is 1.99. The van der Waals surface area contributed by atoms with Gasteiger partial charge in [0.25, 0.3) is 0 Å². The van der Waals surface area contributed by atoms with E-state index in [4.69, 9.17) is 0 Å². The van der Waals surface area contributed by atoms with E-state index in [2.05, 4.69) is 0 Å². The van der Waals surface area contributed by atoms with Crippen LogP contribution in [0.15, 0.2) is 72.9 Å². The molecule has 0 spiro atoms. The monoisotopic (exact) mass is 299 g/mol. The molecule has 1 aliphatic rings. The summed E-state index contributed by atoms with van der Waals surface area (Å²) in [7, 11) is 0. The van der Waals surface area contributed by atoms with Crippen molar-refractivity contribution in [2.24, 2.45) is 0 Å². The van der Waals surface area contributed by atoms with E-state index in [1.807, 2.05) is 30.3 Å². The summed E-state index contributed by atoms with van der Waals surface area (Å²) < 4.78 is 28.9. The van der Waals surface area contributed by atoms with Crippen molar-refractivity contribution < 1.29 is 13.6 Å². The van der Waals surface area contributed by atoms with Crippen LogP contribution < -0.4 is 0 Å². The van der Waals surface area contributed by atoms with E-state index < -0.39 is 17.7 Å². The second-order valence-electron chi connectivity index (χ2n) is 5.27. The van der Waals surface area contributed by atoms with Crippen LogP contribution in [0.5, 0.6) is 0 Å². The molecule has 2 aromatic rings. The van der Waals surface area contributed by atoms with Crippen LogP contribution in [-0.4, -0.2) is 16.6 Å². The van der Waals surface area contributed by atoms with Crippen molar-refractivity contribution in [2.75, 3.05) is 0 Å². The van der Waals surface area contributed by atoms with Gasteiger partial charge in [-0.25, -0.2) is 0 Å². The van der Waals surface area contributed by atoms with Gasteiger partial charge in [0, 0.05) is 18.8 Å². The SMILES string of the molecule is O=C1C=CN(Cc2ccccc2)C(c2ccccc2)C1(F)F. The first-order valence-corrected chi connectivity index (χ1v) is 7.04. The molecule has 0 bridgehead atoms. The minimum Gasteiger partial charge on any atom is -0.360 e. The molecule has 1 aliphatic heterocycles. The van der Waals surface area contributed by atoms with Crippen LogP contribution in [0, 0.1) is 0 Å². The van der Waals surface area contributed by atoms with Gasteiger partial charge < -0.3 is 4.90 Å². The minimum atomic E-state index is -3.44. The Labute approximate surface area is 127 Å². The number of benzene rings is 2. The van der Waals surface area contributed by atoms with E-state index in [0.29, 0.717) is 12.1 Å². The number of carbonyl (C=O) groups is 1. The molecule has 0 saturated heterocycles. The summed E-state index contributed by atoms with van der Waals surface area (Å²) in [5.74, 6) is -4.59. The number of halogens is 2. The molecule has 2 aromatic carbocycles. The van der Waals surface area contributed by atoms with Gasteiger partial charge in [0.05, 0.1) is 0 Å². The van der Waals surface area contributed by atoms with Gasteiger partial charge in [-0.05, 0) is 11.1 Å². The highest BCUT2D eigenvalue weighted by molar-refractivity contribution is 5.97. The van der Waals surface area contributed by atoms with Gasteiger partial charge in [0.2, 0.25) is 5.78 Å². The van der Waals surface area contributed by atoms with Gasteiger partial charge in [-0.2, -0.15) is 8.78 Å². The fourth-order valence-corrected chi connectivity index (χ4v) is 2.68. The Morgan fingerprint density at radius 2 is 1.55 bits per heavy atom. The van der Waals surface area contributed by atoms with Crippen LogP contribution in [0.2, 0.25) is 0 Å². The lowest BCUT2D eigenvalue weighted by Gasteiger charge is -2.38. The van der Waals surface area contributed by atoms with Crippen molar-refractivity contribution in [3.05, 3.63) is 84.1 Å². The zero-order chi connectivity index (χ0) is 15.6. The molecule has 0 aliphatic carbocycles. The number of rotatable bonds is 3. The summed E-state index contributed by atoms with van der Waals surface area (Å²) in [5.41, 5.74) is 1.35. The summed E-state index contributed by atoms with van der Waals surface area (Å²) in [4.78, 5) is 13.2. The highest BCUT2D eigenvalue weighted by Gasteiger charge is 2.51. The maximum atomic E-state index is 14.5. The lowest BCUT2D eigenvalue weighted by molar-refractivity contribution is -0.150. The molecule has 0 N–H and O–H groups in total. The van der Waals surface area contributed by atoms with Crippen LogP contribution in [0.25, 0.3) is 0 Å². The number of nitrogens with zero attached hydrogens (tertiary/aromatic N) is 1. The number of hydrogen-bond acceptors (Lipinski definition) is 2. The topological polar surface area (TPSA) is 20.3 Å². The third-order valence-electron chi connectivity index (χ3n) is 3.74. The van der Waals surface area contributed by atoms with E-state index in [0.717, 1.165) is 11.6 Å². The highest BCUT2D eigenvalue weighted by atomic mass is 19.3. The van der Waals surface area contributed by atoms with Gasteiger partial charge in [-0.3, -0.25) is 4.79 Å². The Bertz CT molecular complexity index is 683. The van der Waals surface area contributed by atoms with E-state index in [1.54, 1.807) is 30.3 Å². The highest BCUT2D eigenvalue weighted by Crippen LogP contribution is 2.41. The predicted molar refractivity (Wildman–Crippen MR) is 80.3 cm³/mol. The maximum Gasteiger partial charge on any atom is 0.333 e. The van der Waals surface area contributed by atoms with Gasteiger partial charge in [0.1, 0.15) is 6.04 Å². The zero-order valence-electron chi connectivity index (χ0n) is 11.8. The van der Waals surface area contributed by atoms with Gasteiger partial charge >= 0.3 is 5.92 Å². The van der Waals surface area contributed by atoms with Crippen molar-refractivity contribution >= 4 is 5.78 Å². The van der Waals surface area contributed by atoms with E-state index in [1.165, 1.54) is 11.1 Å². The van der Waals surface area contributed by atoms with Crippen molar-refractivity contribution in [1.82, 2.24) is 4.90 Å². The molecule has 1 heterocycles. The summed E-state index contributed by atoms with van der Waals surface area (Å²) in [6, 6.07) is 16.5. The standard InChI is InChI=1S/C18H15F2NO/c19-18(20)16(22)11-12-21(13-14-7-3-1-4-8-14)17(18)15-9-5-2-6-10-15/h1-12,17H,13H2. The Hall–Kier alpha value is -2.49. The number of ketones is 1. The summed E-state index contributed by atoms with van der Waals surface area (Å²) in [6.07, 6.45) is 2.42. The lowest BCUT2D eigenvalue weighted by Crippen LogP contribution is -2.46. The molecule has 0 amide bonds. The lowest BCUT2D eigenvalue weighted by atomic mass is 9.93. The molecule has 112 valence electrons. The van der Waals surface area contributed by atoms with E-state index >= 15 is 0 Å².